The highest BCUT2D eigenvalue weighted by molar-refractivity contribution is 5.80. The molecule has 0 saturated heterocycles. The predicted molar refractivity (Wildman–Crippen MR) is 76.6 cm³/mol. The maximum atomic E-state index is 5.09. The van der Waals surface area contributed by atoms with Gasteiger partial charge in [0.05, 0.1) is 12.8 Å². The van der Waals surface area contributed by atoms with Gasteiger partial charge < -0.3 is 4.74 Å². The standard InChI is InChI=1S/C16H15NO/c1-18-16-11-9-15(10-12-16)17-13-5-8-14-6-3-2-4-7-14/h2-13H,1H3/b8-5-,17-13?. The Morgan fingerprint density at radius 1 is 0.944 bits per heavy atom. The van der Waals surface area contributed by atoms with Crippen molar-refractivity contribution < 1.29 is 4.74 Å². The first kappa shape index (κ1) is 12.1. The number of methoxy groups -OCH3 is 1. The van der Waals surface area contributed by atoms with Crippen LogP contribution in [0.15, 0.2) is 65.7 Å². The molecule has 0 atom stereocenters. The van der Waals surface area contributed by atoms with Crippen molar-refractivity contribution in [2.24, 2.45) is 4.99 Å². The minimum Gasteiger partial charge on any atom is -0.497 e. The molecule has 0 saturated carbocycles. The summed E-state index contributed by atoms with van der Waals surface area (Å²) < 4.78 is 5.09. The highest BCUT2D eigenvalue weighted by Crippen LogP contribution is 2.17. The molecule has 0 aromatic heterocycles. The molecular weight excluding hydrogens is 222 g/mol. The molecule has 90 valence electrons. The Balaban J connectivity index is 1.96. The van der Waals surface area contributed by atoms with E-state index in [-0.39, 0.29) is 0 Å². The van der Waals surface area contributed by atoms with Crippen molar-refractivity contribution in [3.8, 4) is 5.75 Å². The van der Waals surface area contributed by atoms with Gasteiger partial charge in [-0.1, -0.05) is 36.4 Å². The molecule has 0 aliphatic carbocycles. The van der Waals surface area contributed by atoms with Crippen LogP contribution in [0, 0.1) is 0 Å². The zero-order valence-corrected chi connectivity index (χ0v) is 10.3. The fraction of sp³-hybridized carbons (Fsp3) is 0.0625. The van der Waals surface area contributed by atoms with Gasteiger partial charge in [0.15, 0.2) is 0 Å². The highest BCUT2D eigenvalue weighted by atomic mass is 16.5. The summed E-state index contributed by atoms with van der Waals surface area (Å²) >= 11 is 0. The lowest BCUT2D eigenvalue weighted by Gasteiger charge is -1.98. The predicted octanol–water partition coefficient (Wildman–Crippen LogP) is 4.11. The van der Waals surface area contributed by atoms with Crippen LogP contribution in [0.5, 0.6) is 5.75 Å². The third-order valence-electron chi connectivity index (χ3n) is 2.47. The largest absolute Gasteiger partial charge is 0.497 e. The van der Waals surface area contributed by atoms with Crippen LogP contribution in [-0.4, -0.2) is 13.3 Å². The molecule has 2 aromatic carbocycles. The van der Waals surface area contributed by atoms with E-state index in [1.165, 1.54) is 5.56 Å². The zero-order chi connectivity index (χ0) is 12.6. The van der Waals surface area contributed by atoms with E-state index in [0.717, 1.165) is 11.4 Å². The SMILES string of the molecule is COc1ccc(N=C/C=C\c2ccccc2)cc1. The van der Waals surface area contributed by atoms with E-state index in [9.17, 15) is 0 Å². The Kier molecular flexibility index (Phi) is 4.31. The number of ether oxygens (including phenoxy) is 1. The molecule has 0 amide bonds. The summed E-state index contributed by atoms with van der Waals surface area (Å²) in [7, 11) is 1.65. The van der Waals surface area contributed by atoms with Gasteiger partial charge in [-0.3, -0.25) is 4.99 Å². The average Bonchev–Trinajstić information content (AvgIpc) is 2.45. The molecule has 18 heavy (non-hydrogen) atoms. The minimum atomic E-state index is 0.841. The molecule has 0 fully saturated rings. The Morgan fingerprint density at radius 3 is 2.33 bits per heavy atom. The molecule has 0 N–H and O–H groups in total. The molecule has 0 radical (unpaired) electrons. The van der Waals surface area contributed by atoms with E-state index in [0.29, 0.717) is 0 Å². The summed E-state index contributed by atoms with van der Waals surface area (Å²) in [4.78, 5) is 4.33. The van der Waals surface area contributed by atoms with E-state index >= 15 is 0 Å². The second-order valence-corrected chi connectivity index (χ2v) is 3.75. The zero-order valence-electron chi connectivity index (χ0n) is 10.3. The average molecular weight is 237 g/mol. The van der Waals surface area contributed by atoms with E-state index in [4.69, 9.17) is 4.74 Å². The topological polar surface area (TPSA) is 21.6 Å². The number of nitrogens with zero attached hydrogens (tertiary/aromatic N) is 1. The van der Waals surface area contributed by atoms with Crippen molar-refractivity contribution in [1.29, 1.82) is 0 Å². The van der Waals surface area contributed by atoms with Crippen LogP contribution in [0.4, 0.5) is 5.69 Å². The van der Waals surface area contributed by atoms with Gasteiger partial charge in [0.25, 0.3) is 0 Å². The first-order chi connectivity index (χ1) is 8.88. The monoisotopic (exact) mass is 237 g/mol. The molecule has 0 aliphatic heterocycles. The van der Waals surface area contributed by atoms with Crippen molar-refractivity contribution in [1.82, 2.24) is 0 Å². The van der Waals surface area contributed by atoms with Gasteiger partial charge in [0, 0.05) is 6.21 Å². The molecular formula is C16H15NO. The molecule has 0 heterocycles. The molecule has 2 nitrogen and oxygen atoms in total. The lowest BCUT2D eigenvalue weighted by atomic mass is 10.2. The number of aliphatic imine (C=N–C) groups is 1. The first-order valence-electron chi connectivity index (χ1n) is 5.78. The third-order valence-corrected chi connectivity index (χ3v) is 2.47. The van der Waals surface area contributed by atoms with Crippen molar-refractivity contribution >= 4 is 18.0 Å². The molecule has 2 aromatic rings. The molecule has 0 spiro atoms. The van der Waals surface area contributed by atoms with Crippen LogP contribution < -0.4 is 4.74 Å². The number of benzene rings is 2. The van der Waals surface area contributed by atoms with Crippen molar-refractivity contribution in [2.75, 3.05) is 7.11 Å². The summed E-state index contributed by atoms with van der Waals surface area (Å²) in [6.45, 7) is 0. The minimum absolute atomic E-state index is 0.841. The van der Waals surface area contributed by atoms with Gasteiger partial charge in [-0.15, -0.1) is 0 Å². The Bertz CT molecular complexity index is 527. The summed E-state index contributed by atoms with van der Waals surface area (Å²) in [5, 5.41) is 0. The van der Waals surface area contributed by atoms with Crippen molar-refractivity contribution in [3.63, 3.8) is 0 Å². The molecule has 0 bridgehead atoms. The van der Waals surface area contributed by atoms with Crippen molar-refractivity contribution in [2.45, 2.75) is 0 Å². The lowest BCUT2D eigenvalue weighted by molar-refractivity contribution is 0.415. The normalized spacial score (nSPS) is 11.2. The van der Waals surface area contributed by atoms with E-state index in [1.807, 2.05) is 54.6 Å². The van der Waals surface area contributed by atoms with Gasteiger partial charge in [0.2, 0.25) is 0 Å². The van der Waals surface area contributed by atoms with Crippen LogP contribution in [0.25, 0.3) is 6.08 Å². The van der Waals surface area contributed by atoms with E-state index < -0.39 is 0 Å². The second kappa shape index (κ2) is 6.40. The van der Waals surface area contributed by atoms with Crippen LogP contribution in [0.2, 0.25) is 0 Å². The second-order valence-electron chi connectivity index (χ2n) is 3.75. The van der Waals surface area contributed by atoms with Gasteiger partial charge in [-0.25, -0.2) is 0 Å². The number of hydrogen-bond acceptors (Lipinski definition) is 2. The molecule has 0 unspecified atom stereocenters. The quantitative estimate of drug-likeness (QED) is 0.733. The third kappa shape index (κ3) is 3.59. The fourth-order valence-corrected chi connectivity index (χ4v) is 1.52. The molecule has 0 aliphatic rings. The van der Waals surface area contributed by atoms with Crippen LogP contribution in [0.3, 0.4) is 0 Å². The van der Waals surface area contributed by atoms with Gasteiger partial charge in [-0.2, -0.15) is 0 Å². The maximum Gasteiger partial charge on any atom is 0.119 e. The Morgan fingerprint density at radius 2 is 1.67 bits per heavy atom. The number of allylic oxidation sites excluding steroid dienone is 1. The molecule has 2 heteroatoms. The van der Waals surface area contributed by atoms with Crippen molar-refractivity contribution in [3.05, 3.63) is 66.2 Å². The summed E-state index contributed by atoms with van der Waals surface area (Å²) in [6.07, 6.45) is 5.74. The van der Waals surface area contributed by atoms with Crippen LogP contribution in [0.1, 0.15) is 5.56 Å². The summed E-state index contributed by atoms with van der Waals surface area (Å²) in [5.74, 6) is 0.841. The Labute approximate surface area is 107 Å². The Hall–Kier alpha value is -2.35. The number of hydrogen-bond donors (Lipinski definition) is 0. The fourth-order valence-electron chi connectivity index (χ4n) is 1.52. The lowest BCUT2D eigenvalue weighted by Crippen LogP contribution is -1.79. The highest BCUT2D eigenvalue weighted by Gasteiger charge is 1.89. The van der Waals surface area contributed by atoms with Crippen LogP contribution >= 0.6 is 0 Å². The van der Waals surface area contributed by atoms with Gasteiger partial charge in [0.1, 0.15) is 5.75 Å². The maximum absolute atomic E-state index is 5.09. The smallest absolute Gasteiger partial charge is 0.119 e. The van der Waals surface area contributed by atoms with E-state index in [1.54, 1.807) is 13.3 Å². The number of rotatable bonds is 4. The summed E-state index contributed by atoms with van der Waals surface area (Å²) in [5.41, 5.74) is 2.08. The first-order valence-corrected chi connectivity index (χ1v) is 5.78. The van der Waals surface area contributed by atoms with Crippen LogP contribution in [-0.2, 0) is 0 Å². The van der Waals surface area contributed by atoms with Gasteiger partial charge >= 0.3 is 0 Å². The van der Waals surface area contributed by atoms with Gasteiger partial charge in [-0.05, 0) is 35.9 Å². The van der Waals surface area contributed by atoms with E-state index in [2.05, 4.69) is 17.1 Å². The molecule has 2 rings (SSSR count). The summed E-state index contributed by atoms with van der Waals surface area (Å²) in [6, 6.07) is 17.8.